The molecule has 0 radical (unpaired) electrons. The normalized spacial score (nSPS) is 21.2. The lowest BCUT2D eigenvalue weighted by Crippen LogP contribution is -2.38. The van der Waals surface area contributed by atoms with Crippen molar-refractivity contribution in [3.8, 4) is 11.1 Å². The Labute approximate surface area is 227 Å². The van der Waals surface area contributed by atoms with E-state index in [9.17, 15) is 14.4 Å². The number of carbonyl (C=O) groups excluding carboxylic acids is 3. The highest BCUT2D eigenvalue weighted by atomic mass is 16.6. The zero-order valence-corrected chi connectivity index (χ0v) is 23.5. The number of Topliss-reactive ketones (excluding diaryl/α,β-unsaturated/α-hetero) is 1. The number of hydrogen-bond acceptors (Lipinski definition) is 4. The van der Waals surface area contributed by atoms with Gasteiger partial charge in [-0.05, 0) is 99.6 Å². The summed E-state index contributed by atoms with van der Waals surface area (Å²) >= 11 is 0. The van der Waals surface area contributed by atoms with Gasteiger partial charge >= 0.3 is 6.09 Å². The fraction of sp³-hybridized carbons (Fsp3) is 0.531. The first-order valence-corrected chi connectivity index (χ1v) is 14.1. The molecule has 6 nitrogen and oxygen atoms in total. The number of fused-ring (bicyclic) bond motifs is 2. The van der Waals surface area contributed by atoms with E-state index in [2.05, 4.69) is 5.32 Å². The number of nitrogens with one attached hydrogen (secondary N) is 1. The van der Waals surface area contributed by atoms with Gasteiger partial charge in [-0.25, -0.2) is 4.79 Å². The first-order valence-electron chi connectivity index (χ1n) is 14.1. The fourth-order valence-corrected chi connectivity index (χ4v) is 6.19. The Morgan fingerprint density at radius 2 is 1.58 bits per heavy atom. The van der Waals surface area contributed by atoms with Crippen molar-refractivity contribution in [2.45, 2.75) is 85.3 Å². The number of aryl methyl sites for hydroxylation is 1. The van der Waals surface area contributed by atoms with E-state index in [0.717, 1.165) is 47.1 Å². The highest BCUT2D eigenvalue weighted by Gasteiger charge is 2.34. The minimum Gasteiger partial charge on any atom is -0.446 e. The molecule has 2 aromatic carbocycles. The van der Waals surface area contributed by atoms with Crippen molar-refractivity contribution in [1.29, 1.82) is 0 Å². The Hall–Kier alpha value is -3.15. The fourth-order valence-electron chi connectivity index (χ4n) is 6.19. The topological polar surface area (TPSA) is 75.7 Å². The second-order valence-electron chi connectivity index (χ2n) is 11.8. The van der Waals surface area contributed by atoms with Crippen molar-refractivity contribution >= 4 is 23.5 Å². The van der Waals surface area contributed by atoms with Crippen LogP contribution in [-0.4, -0.2) is 36.5 Å². The lowest BCUT2D eigenvalue weighted by molar-refractivity contribution is -0.117. The van der Waals surface area contributed by atoms with Gasteiger partial charge in [-0.3, -0.25) is 9.69 Å². The van der Waals surface area contributed by atoms with Crippen molar-refractivity contribution in [2.24, 2.45) is 17.8 Å². The zero-order chi connectivity index (χ0) is 27.4. The summed E-state index contributed by atoms with van der Waals surface area (Å²) in [5.41, 5.74) is 4.29. The van der Waals surface area contributed by atoms with Crippen molar-refractivity contribution < 1.29 is 19.1 Å². The molecule has 2 bridgehead atoms. The molecule has 2 aliphatic rings. The molecule has 0 heterocycles. The maximum atomic E-state index is 13.1. The third-order valence-electron chi connectivity index (χ3n) is 7.89. The summed E-state index contributed by atoms with van der Waals surface area (Å²) < 4.78 is 5.55. The van der Waals surface area contributed by atoms with Crippen molar-refractivity contribution in [3.63, 3.8) is 0 Å². The van der Waals surface area contributed by atoms with Gasteiger partial charge in [0.25, 0.3) is 5.91 Å². The van der Waals surface area contributed by atoms with Crippen LogP contribution in [-0.2, 0) is 9.53 Å². The second kappa shape index (κ2) is 12.1. The van der Waals surface area contributed by atoms with Gasteiger partial charge < -0.3 is 14.8 Å². The smallest absolute Gasteiger partial charge is 0.414 e. The molecule has 6 heteroatoms. The van der Waals surface area contributed by atoms with E-state index >= 15 is 0 Å². The number of ether oxygens (including phenoxy) is 1. The van der Waals surface area contributed by atoms with Crippen molar-refractivity contribution in [3.05, 3.63) is 53.6 Å². The van der Waals surface area contributed by atoms with Gasteiger partial charge in [0.05, 0.1) is 11.8 Å². The monoisotopic (exact) mass is 518 g/mol. The standard InChI is InChI=1S/C32H42N2O4/c1-20(2)38-32(37)34(19-21(3)14-23(5)35)30-18-28(9-6-22(30)4)26-10-12-27(13-11-26)31(36)33-29-16-24-7-8-25(15-24)17-29/h6,9-13,18,20-21,24-25,29H,7-8,14-17,19H2,1-5H3,(H,33,36)/t21-,24-,25+,29-/m1/s1. The highest BCUT2D eigenvalue weighted by Crippen LogP contribution is 2.42. The van der Waals surface area contributed by atoms with E-state index in [-0.39, 0.29) is 29.8 Å². The Morgan fingerprint density at radius 1 is 0.947 bits per heavy atom. The summed E-state index contributed by atoms with van der Waals surface area (Å²) in [5, 5.41) is 3.27. The van der Waals surface area contributed by atoms with E-state index in [0.29, 0.717) is 18.5 Å². The number of anilines is 1. The van der Waals surface area contributed by atoms with Gasteiger partial charge in [0.15, 0.2) is 0 Å². The molecule has 2 amide bonds. The predicted octanol–water partition coefficient (Wildman–Crippen LogP) is 6.94. The van der Waals surface area contributed by atoms with Crippen LogP contribution in [0.5, 0.6) is 0 Å². The first-order chi connectivity index (χ1) is 18.1. The van der Waals surface area contributed by atoms with Crippen LogP contribution in [0, 0.1) is 24.7 Å². The largest absolute Gasteiger partial charge is 0.446 e. The van der Waals surface area contributed by atoms with Crippen LogP contribution >= 0.6 is 0 Å². The number of ketones is 1. The molecule has 0 spiro atoms. The SMILES string of the molecule is CC(=O)C[C@@H](C)CN(C(=O)OC(C)C)c1cc(-c2ccc(C(=O)N[C@@H]3C[C@@H]4CC[C@@H](C4)C3)cc2)ccc1C. The van der Waals surface area contributed by atoms with E-state index in [1.54, 1.807) is 11.8 Å². The van der Waals surface area contributed by atoms with Gasteiger partial charge in [0.1, 0.15) is 5.78 Å². The summed E-state index contributed by atoms with van der Waals surface area (Å²) in [6.07, 6.45) is 5.90. The van der Waals surface area contributed by atoms with Crippen LogP contribution in [0.2, 0.25) is 0 Å². The van der Waals surface area contributed by atoms with Gasteiger partial charge in [-0.1, -0.05) is 44.0 Å². The molecule has 0 aromatic heterocycles. The van der Waals surface area contributed by atoms with Gasteiger partial charge in [-0.2, -0.15) is 0 Å². The molecule has 204 valence electrons. The molecule has 38 heavy (non-hydrogen) atoms. The molecule has 0 unspecified atom stereocenters. The maximum absolute atomic E-state index is 13.1. The Morgan fingerprint density at radius 3 is 2.18 bits per heavy atom. The van der Waals surface area contributed by atoms with Crippen LogP contribution in [0.1, 0.15) is 82.1 Å². The summed E-state index contributed by atoms with van der Waals surface area (Å²) in [6.45, 7) is 9.55. The van der Waals surface area contributed by atoms with E-state index in [1.165, 1.54) is 19.3 Å². The van der Waals surface area contributed by atoms with Gasteiger partial charge in [0, 0.05) is 24.6 Å². The molecule has 0 aliphatic heterocycles. The Kier molecular flexibility index (Phi) is 8.91. The average molecular weight is 519 g/mol. The lowest BCUT2D eigenvalue weighted by Gasteiger charge is -2.28. The minimum atomic E-state index is -0.418. The number of benzene rings is 2. The van der Waals surface area contributed by atoms with Gasteiger partial charge in [-0.15, -0.1) is 0 Å². The summed E-state index contributed by atoms with van der Waals surface area (Å²) in [7, 11) is 0. The van der Waals surface area contributed by atoms with Crippen LogP contribution in [0.15, 0.2) is 42.5 Å². The van der Waals surface area contributed by atoms with E-state index < -0.39 is 6.09 Å². The van der Waals surface area contributed by atoms with Crippen molar-refractivity contribution in [1.82, 2.24) is 5.32 Å². The molecule has 2 saturated carbocycles. The molecular formula is C32H42N2O4. The first kappa shape index (κ1) is 27.9. The van der Waals surface area contributed by atoms with Crippen LogP contribution < -0.4 is 10.2 Å². The predicted molar refractivity (Wildman–Crippen MR) is 151 cm³/mol. The molecule has 2 fully saturated rings. The molecule has 4 rings (SSSR count). The minimum absolute atomic E-state index is 0.00508. The maximum Gasteiger partial charge on any atom is 0.414 e. The van der Waals surface area contributed by atoms with Crippen LogP contribution in [0.4, 0.5) is 10.5 Å². The number of carbonyl (C=O) groups is 3. The number of rotatable bonds is 9. The Balaban J connectivity index is 1.51. The quantitative estimate of drug-likeness (QED) is 0.390. The van der Waals surface area contributed by atoms with E-state index in [1.807, 2.05) is 70.2 Å². The second-order valence-corrected chi connectivity index (χ2v) is 11.8. The third-order valence-corrected chi connectivity index (χ3v) is 7.89. The third kappa shape index (κ3) is 7.03. The van der Waals surface area contributed by atoms with Crippen LogP contribution in [0.25, 0.3) is 11.1 Å². The average Bonchev–Trinajstić information content (AvgIpc) is 3.20. The molecule has 2 aliphatic carbocycles. The lowest BCUT2D eigenvalue weighted by atomic mass is 9.85. The van der Waals surface area contributed by atoms with Gasteiger partial charge in [0.2, 0.25) is 0 Å². The summed E-state index contributed by atoms with van der Waals surface area (Å²) in [5.74, 6) is 1.64. The molecule has 1 N–H and O–H groups in total. The number of amides is 2. The zero-order valence-electron chi connectivity index (χ0n) is 23.5. The highest BCUT2D eigenvalue weighted by molar-refractivity contribution is 5.95. The Bertz CT molecular complexity index is 1140. The molecule has 4 atom stereocenters. The summed E-state index contributed by atoms with van der Waals surface area (Å²) in [6, 6.07) is 14.0. The van der Waals surface area contributed by atoms with Crippen LogP contribution in [0.3, 0.4) is 0 Å². The summed E-state index contributed by atoms with van der Waals surface area (Å²) in [4.78, 5) is 39.3. The number of nitrogens with zero attached hydrogens (tertiary/aromatic N) is 1. The van der Waals surface area contributed by atoms with Crippen molar-refractivity contribution in [2.75, 3.05) is 11.4 Å². The number of hydrogen-bond donors (Lipinski definition) is 1. The molecular weight excluding hydrogens is 476 g/mol. The molecule has 2 aromatic rings. The van der Waals surface area contributed by atoms with E-state index in [4.69, 9.17) is 4.74 Å². The molecule has 0 saturated heterocycles.